The number of methoxy groups -OCH3 is 1. The lowest BCUT2D eigenvalue weighted by Crippen LogP contribution is -2.17. The molecule has 0 aliphatic rings. The first kappa shape index (κ1) is 16.8. The zero-order chi connectivity index (χ0) is 16.7. The summed E-state index contributed by atoms with van der Waals surface area (Å²) in [6.45, 7) is 0. The maximum atomic E-state index is 11.7. The largest absolute Gasteiger partial charge is 0.497 e. The lowest BCUT2D eigenvalue weighted by atomic mass is 10.1. The number of oxime groups is 1. The van der Waals surface area contributed by atoms with Crippen LogP contribution >= 0.6 is 11.6 Å². The maximum Gasteiger partial charge on any atom is 0.339 e. The van der Waals surface area contributed by atoms with E-state index in [1.54, 1.807) is 31.4 Å². The highest BCUT2D eigenvalue weighted by atomic mass is 35.5. The van der Waals surface area contributed by atoms with E-state index < -0.39 is 5.97 Å². The van der Waals surface area contributed by atoms with Crippen LogP contribution in [0.15, 0.2) is 53.7 Å². The number of carbonyl (C=O) groups excluding carboxylic acids is 1. The summed E-state index contributed by atoms with van der Waals surface area (Å²) in [5.74, 6) is 0.503. The zero-order valence-electron chi connectivity index (χ0n) is 12.7. The Bertz CT molecular complexity index is 682. The molecule has 0 radical (unpaired) electrons. The van der Waals surface area contributed by atoms with Gasteiger partial charge in [0.15, 0.2) is 0 Å². The summed E-state index contributed by atoms with van der Waals surface area (Å²) in [5, 5.41) is 4.28. The Labute approximate surface area is 139 Å². The molecule has 5 nitrogen and oxygen atoms in total. The molecule has 0 bridgehead atoms. The molecule has 6 heteroatoms. The van der Waals surface area contributed by atoms with Crippen LogP contribution in [-0.2, 0) is 22.5 Å². The number of benzene rings is 2. The molecule has 0 atom stereocenters. The highest BCUT2D eigenvalue weighted by Crippen LogP contribution is 2.12. The van der Waals surface area contributed by atoms with Gasteiger partial charge in [0.05, 0.1) is 13.5 Å². The van der Waals surface area contributed by atoms with Crippen LogP contribution in [0.25, 0.3) is 0 Å². The number of ether oxygens (including phenoxy) is 1. The summed E-state index contributed by atoms with van der Waals surface area (Å²) in [4.78, 5) is 16.5. The summed E-state index contributed by atoms with van der Waals surface area (Å²) in [6.07, 6.45) is 0.495. The van der Waals surface area contributed by atoms with Gasteiger partial charge >= 0.3 is 5.97 Å². The molecule has 0 fully saturated rings. The van der Waals surface area contributed by atoms with Gasteiger partial charge in [0.1, 0.15) is 11.6 Å². The van der Waals surface area contributed by atoms with E-state index in [9.17, 15) is 4.79 Å². The number of halogens is 1. The van der Waals surface area contributed by atoms with Crippen molar-refractivity contribution in [2.24, 2.45) is 10.9 Å². The minimum Gasteiger partial charge on any atom is -0.497 e. The van der Waals surface area contributed by atoms with Crippen molar-refractivity contribution in [1.29, 1.82) is 0 Å². The second kappa shape index (κ2) is 8.19. The Morgan fingerprint density at radius 3 is 2.22 bits per heavy atom. The third-order valence-electron chi connectivity index (χ3n) is 3.07. The number of nitrogens with zero attached hydrogens (tertiary/aromatic N) is 1. The number of rotatable bonds is 6. The van der Waals surface area contributed by atoms with Crippen LogP contribution in [0.5, 0.6) is 5.75 Å². The Morgan fingerprint density at radius 1 is 1.04 bits per heavy atom. The molecule has 0 heterocycles. The molecule has 2 aromatic rings. The molecule has 0 saturated carbocycles. The highest BCUT2D eigenvalue weighted by Gasteiger charge is 2.06. The fraction of sp³-hybridized carbons (Fsp3) is 0.176. The van der Waals surface area contributed by atoms with E-state index in [1.165, 1.54) is 0 Å². The second-order valence-corrected chi connectivity index (χ2v) is 5.31. The molecule has 2 N–H and O–H groups in total. The number of nitrogens with two attached hydrogens (primary N) is 1. The average molecular weight is 333 g/mol. The Hall–Kier alpha value is -2.53. The topological polar surface area (TPSA) is 73.9 Å². The van der Waals surface area contributed by atoms with Crippen molar-refractivity contribution in [3.8, 4) is 5.75 Å². The molecular weight excluding hydrogens is 316 g/mol. The molecule has 0 aliphatic carbocycles. The average Bonchev–Trinajstić information content (AvgIpc) is 2.56. The van der Waals surface area contributed by atoms with E-state index in [0.717, 1.165) is 16.9 Å². The molecule has 0 saturated heterocycles. The summed E-state index contributed by atoms with van der Waals surface area (Å²) < 4.78 is 5.08. The number of hydrogen-bond acceptors (Lipinski definition) is 4. The van der Waals surface area contributed by atoms with Gasteiger partial charge in [-0.15, -0.1) is 0 Å². The van der Waals surface area contributed by atoms with Gasteiger partial charge in [0.25, 0.3) is 0 Å². The van der Waals surface area contributed by atoms with Crippen LogP contribution in [0.3, 0.4) is 0 Å². The van der Waals surface area contributed by atoms with Crippen LogP contribution in [0.4, 0.5) is 0 Å². The summed E-state index contributed by atoms with van der Waals surface area (Å²) in [6, 6.07) is 14.3. The molecule has 0 aromatic heterocycles. The highest BCUT2D eigenvalue weighted by molar-refractivity contribution is 6.30. The predicted octanol–water partition coefficient (Wildman–Crippen LogP) is 2.95. The van der Waals surface area contributed by atoms with Gasteiger partial charge in [0.2, 0.25) is 0 Å². The second-order valence-electron chi connectivity index (χ2n) is 4.87. The number of carbonyl (C=O) groups is 1. The molecule has 0 unspecified atom stereocenters. The minimum atomic E-state index is -0.481. The first-order valence-electron chi connectivity index (χ1n) is 6.96. The minimum absolute atomic E-state index is 0.108. The smallest absolute Gasteiger partial charge is 0.339 e. The molecule has 2 rings (SSSR count). The fourth-order valence-corrected chi connectivity index (χ4v) is 2.02. The van der Waals surface area contributed by atoms with Crippen molar-refractivity contribution in [2.75, 3.05) is 7.11 Å². The molecule has 23 heavy (non-hydrogen) atoms. The van der Waals surface area contributed by atoms with Crippen LogP contribution in [0.1, 0.15) is 11.1 Å². The molecule has 120 valence electrons. The summed E-state index contributed by atoms with van der Waals surface area (Å²) >= 11 is 5.78. The van der Waals surface area contributed by atoms with E-state index in [-0.39, 0.29) is 12.3 Å². The Balaban J connectivity index is 1.85. The Morgan fingerprint density at radius 2 is 1.61 bits per heavy atom. The van der Waals surface area contributed by atoms with Crippen LogP contribution in [0, 0.1) is 0 Å². The van der Waals surface area contributed by atoms with Gasteiger partial charge in [-0.3, -0.25) is 0 Å². The maximum absolute atomic E-state index is 11.7. The monoisotopic (exact) mass is 332 g/mol. The molecular formula is C17H17ClN2O3. The van der Waals surface area contributed by atoms with Gasteiger partial charge in [-0.25, -0.2) is 4.79 Å². The van der Waals surface area contributed by atoms with Crippen molar-refractivity contribution in [3.05, 3.63) is 64.7 Å². The lowest BCUT2D eigenvalue weighted by Gasteiger charge is -2.04. The van der Waals surface area contributed by atoms with E-state index in [4.69, 9.17) is 26.9 Å². The van der Waals surface area contributed by atoms with Gasteiger partial charge < -0.3 is 15.3 Å². The SMILES string of the molecule is COc1ccc(C/C(N)=N\OC(=O)Cc2ccc(Cl)cc2)cc1. The summed E-state index contributed by atoms with van der Waals surface area (Å²) in [7, 11) is 1.60. The van der Waals surface area contributed by atoms with E-state index >= 15 is 0 Å². The quantitative estimate of drug-likeness (QED) is 0.382. The van der Waals surface area contributed by atoms with Crippen molar-refractivity contribution >= 4 is 23.4 Å². The van der Waals surface area contributed by atoms with Gasteiger partial charge in [-0.05, 0) is 35.4 Å². The zero-order valence-corrected chi connectivity index (χ0v) is 13.4. The number of hydrogen-bond donors (Lipinski definition) is 1. The third kappa shape index (κ3) is 5.64. The van der Waals surface area contributed by atoms with Crippen molar-refractivity contribution in [1.82, 2.24) is 0 Å². The van der Waals surface area contributed by atoms with Crippen molar-refractivity contribution in [2.45, 2.75) is 12.8 Å². The van der Waals surface area contributed by atoms with E-state index in [1.807, 2.05) is 24.3 Å². The van der Waals surface area contributed by atoms with Gasteiger partial charge in [-0.2, -0.15) is 0 Å². The predicted molar refractivity (Wildman–Crippen MR) is 89.6 cm³/mol. The lowest BCUT2D eigenvalue weighted by molar-refractivity contribution is -0.142. The van der Waals surface area contributed by atoms with Crippen molar-refractivity contribution in [3.63, 3.8) is 0 Å². The standard InChI is InChI=1S/C17H17ClN2O3/c1-22-15-8-4-12(5-9-15)10-16(19)20-23-17(21)11-13-2-6-14(18)7-3-13/h2-9H,10-11H2,1H3,(H2,19,20). The van der Waals surface area contributed by atoms with Crippen LogP contribution < -0.4 is 10.5 Å². The first-order chi connectivity index (χ1) is 11.1. The Kier molecular flexibility index (Phi) is 6.00. The molecule has 2 aromatic carbocycles. The van der Waals surface area contributed by atoms with Gasteiger partial charge in [-0.1, -0.05) is 41.0 Å². The molecule has 0 spiro atoms. The molecule has 0 amide bonds. The van der Waals surface area contributed by atoms with Crippen LogP contribution in [0.2, 0.25) is 5.02 Å². The number of amidine groups is 1. The fourth-order valence-electron chi connectivity index (χ4n) is 1.90. The van der Waals surface area contributed by atoms with E-state index in [2.05, 4.69) is 5.16 Å². The van der Waals surface area contributed by atoms with E-state index in [0.29, 0.717) is 11.4 Å². The van der Waals surface area contributed by atoms with Crippen molar-refractivity contribution < 1.29 is 14.4 Å². The normalized spacial score (nSPS) is 11.1. The summed E-state index contributed by atoms with van der Waals surface area (Å²) in [5.41, 5.74) is 7.50. The molecule has 0 aliphatic heterocycles. The van der Waals surface area contributed by atoms with Crippen LogP contribution in [-0.4, -0.2) is 18.9 Å². The third-order valence-corrected chi connectivity index (χ3v) is 3.32. The first-order valence-corrected chi connectivity index (χ1v) is 7.34. The van der Waals surface area contributed by atoms with Gasteiger partial charge in [0, 0.05) is 11.4 Å².